The number of Topliss-reactive ketones (excluding diaryl/α,β-unsaturated/α-hetero) is 1. The van der Waals surface area contributed by atoms with Gasteiger partial charge in [0.15, 0.2) is 5.78 Å². The molecule has 0 aliphatic heterocycles. The summed E-state index contributed by atoms with van der Waals surface area (Å²) in [6.07, 6.45) is -0.386. The van der Waals surface area contributed by atoms with Gasteiger partial charge < -0.3 is 19.3 Å². The fourth-order valence-electron chi connectivity index (χ4n) is 3.63. The zero-order chi connectivity index (χ0) is 20.4. The standard InChI is InChI=1S/C19H22O8/c1-19(24)9-12(20)14(17(22)26-3)13(15(19)18(23)27-4)10-5-7-11(8-6-10)16(21)25-2/h5-8,13-15,24H,9H2,1-4H3/t13-,14+,15+,19+/m1/s1. The van der Waals surface area contributed by atoms with Crippen LogP contribution in [0, 0.1) is 11.8 Å². The van der Waals surface area contributed by atoms with E-state index in [2.05, 4.69) is 4.74 Å². The van der Waals surface area contributed by atoms with Crippen molar-refractivity contribution in [2.75, 3.05) is 21.3 Å². The van der Waals surface area contributed by atoms with E-state index in [1.54, 1.807) is 0 Å². The SMILES string of the molecule is COC(=O)c1ccc([C@@H]2[C@@H](C(=O)OC)C(=O)C[C@](C)(O)[C@@H]2C(=O)OC)cc1. The summed E-state index contributed by atoms with van der Waals surface area (Å²) in [6.45, 7) is 1.36. The zero-order valence-electron chi connectivity index (χ0n) is 15.6. The van der Waals surface area contributed by atoms with E-state index in [4.69, 9.17) is 9.47 Å². The molecule has 0 radical (unpaired) electrons. The Morgan fingerprint density at radius 3 is 2.04 bits per heavy atom. The van der Waals surface area contributed by atoms with E-state index in [9.17, 15) is 24.3 Å². The first-order valence-corrected chi connectivity index (χ1v) is 8.27. The maximum Gasteiger partial charge on any atom is 0.337 e. The van der Waals surface area contributed by atoms with Gasteiger partial charge in [-0.05, 0) is 24.6 Å². The van der Waals surface area contributed by atoms with E-state index in [1.807, 2.05) is 0 Å². The van der Waals surface area contributed by atoms with Gasteiger partial charge in [0.25, 0.3) is 0 Å². The molecule has 27 heavy (non-hydrogen) atoms. The van der Waals surface area contributed by atoms with Gasteiger partial charge in [-0.15, -0.1) is 0 Å². The Labute approximate surface area is 156 Å². The molecule has 2 rings (SSSR count). The van der Waals surface area contributed by atoms with E-state index in [1.165, 1.54) is 45.4 Å². The lowest BCUT2D eigenvalue weighted by molar-refractivity contribution is -0.170. The molecule has 8 heteroatoms. The van der Waals surface area contributed by atoms with E-state index >= 15 is 0 Å². The molecule has 1 N–H and O–H groups in total. The van der Waals surface area contributed by atoms with Crippen molar-refractivity contribution in [2.45, 2.75) is 24.9 Å². The summed E-state index contributed by atoms with van der Waals surface area (Å²) in [6, 6.07) is 5.93. The van der Waals surface area contributed by atoms with Crippen molar-refractivity contribution >= 4 is 23.7 Å². The van der Waals surface area contributed by atoms with Gasteiger partial charge in [-0.25, -0.2) is 4.79 Å². The van der Waals surface area contributed by atoms with Crippen molar-refractivity contribution < 1.29 is 38.5 Å². The maximum atomic E-state index is 12.6. The molecule has 8 nitrogen and oxygen atoms in total. The molecule has 0 heterocycles. The predicted octanol–water partition coefficient (Wildman–Crippen LogP) is 0.859. The fourth-order valence-corrected chi connectivity index (χ4v) is 3.63. The van der Waals surface area contributed by atoms with Crippen LogP contribution in [0.4, 0.5) is 0 Å². The van der Waals surface area contributed by atoms with Gasteiger partial charge in [-0.1, -0.05) is 12.1 Å². The van der Waals surface area contributed by atoms with E-state index in [-0.39, 0.29) is 12.0 Å². The quantitative estimate of drug-likeness (QED) is 0.466. The minimum atomic E-state index is -1.71. The molecule has 0 bridgehead atoms. The third kappa shape index (κ3) is 3.85. The lowest BCUT2D eigenvalue weighted by Crippen LogP contribution is -2.55. The fraction of sp³-hybridized carbons (Fsp3) is 0.474. The second-order valence-corrected chi connectivity index (χ2v) is 6.64. The normalized spacial score (nSPS) is 27.6. The van der Waals surface area contributed by atoms with Crippen LogP contribution in [-0.4, -0.2) is 55.7 Å². The van der Waals surface area contributed by atoms with Gasteiger partial charge >= 0.3 is 17.9 Å². The van der Waals surface area contributed by atoms with Crippen LogP contribution < -0.4 is 0 Å². The third-order valence-electron chi connectivity index (χ3n) is 4.89. The number of hydrogen-bond donors (Lipinski definition) is 1. The van der Waals surface area contributed by atoms with Crippen molar-refractivity contribution in [3.05, 3.63) is 35.4 Å². The number of esters is 3. The van der Waals surface area contributed by atoms with Crippen LogP contribution in [0.15, 0.2) is 24.3 Å². The Balaban J connectivity index is 2.60. The van der Waals surface area contributed by atoms with Crippen LogP contribution in [0.1, 0.15) is 35.2 Å². The summed E-state index contributed by atoms with van der Waals surface area (Å²) in [5.74, 6) is -6.09. The first-order valence-electron chi connectivity index (χ1n) is 8.27. The Kier molecular flexibility index (Phi) is 6.00. The number of methoxy groups -OCH3 is 3. The van der Waals surface area contributed by atoms with Crippen molar-refractivity contribution in [1.29, 1.82) is 0 Å². The van der Waals surface area contributed by atoms with E-state index in [0.717, 1.165) is 7.11 Å². The second kappa shape index (κ2) is 7.87. The summed E-state index contributed by atoms with van der Waals surface area (Å²) in [7, 11) is 3.56. The summed E-state index contributed by atoms with van der Waals surface area (Å²) in [5, 5.41) is 10.7. The zero-order valence-corrected chi connectivity index (χ0v) is 15.6. The van der Waals surface area contributed by atoms with Crippen molar-refractivity contribution in [1.82, 2.24) is 0 Å². The highest BCUT2D eigenvalue weighted by molar-refractivity contribution is 6.02. The molecule has 0 unspecified atom stereocenters. The topological polar surface area (TPSA) is 116 Å². The number of benzene rings is 1. The van der Waals surface area contributed by atoms with Gasteiger partial charge in [0, 0.05) is 12.3 Å². The van der Waals surface area contributed by atoms with Crippen molar-refractivity contribution in [3.63, 3.8) is 0 Å². The molecule has 0 aromatic heterocycles. The highest BCUT2D eigenvalue weighted by Crippen LogP contribution is 2.46. The van der Waals surface area contributed by atoms with Crippen molar-refractivity contribution in [2.24, 2.45) is 11.8 Å². The second-order valence-electron chi connectivity index (χ2n) is 6.64. The van der Waals surface area contributed by atoms with Gasteiger partial charge in [0.05, 0.1) is 38.4 Å². The third-order valence-corrected chi connectivity index (χ3v) is 4.89. The van der Waals surface area contributed by atoms with Crippen molar-refractivity contribution in [3.8, 4) is 0 Å². The van der Waals surface area contributed by atoms with Crippen LogP contribution >= 0.6 is 0 Å². The minimum absolute atomic E-state index is 0.263. The molecule has 4 atom stereocenters. The molecule has 0 spiro atoms. The number of carbonyl (C=O) groups is 4. The number of rotatable bonds is 4. The van der Waals surface area contributed by atoms with Crippen LogP contribution in [0.5, 0.6) is 0 Å². The first-order chi connectivity index (χ1) is 12.7. The number of aliphatic hydroxyl groups is 1. The summed E-state index contributed by atoms with van der Waals surface area (Å²) >= 11 is 0. The molecule has 0 saturated heterocycles. The maximum absolute atomic E-state index is 12.6. The van der Waals surface area contributed by atoms with Gasteiger partial charge in [0.1, 0.15) is 5.92 Å². The van der Waals surface area contributed by atoms with Gasteiger partial charge in [-0.3, -0.25) is 14.4 Å². The molecule has 1 aliphatic rings. The largest absolute Gasteiger partial charge is 0.469 e. The first kappa shape index (κ1) is 20.6. The average molecular weight is 378 g/mol. The summed E-state index contributed by atoms with van der Waals surface area (Å²) in [5.41, 5.74) is -1.03. The Bertz CT molecular complexity index is 749. The monoisotopic (exact) mass is 378 g/mol. The van der Waals surface area contributed by atoms with Crippen LogP contribution in [0.3, 0.4) is 0 Å². The van der Waals surface area contributed by atoms with Crippen LogP contribution in [-0.2, 0) is 28.6 Å². The molecule has 1 aromatic carbocycles. The molecule has 1 aromatic rings. The summed E-state index contributed by atoms with van der Waals surface area (Å²) in [4.78, 5) is 48.9. The van der Waals surface area contributed by atoms with Gasteiger partial charge in [-0.2, -0.15) is 0 Å². The predicted molar refractivity (Wildman–Crippen MR) is 91.8 cm³/mol. The molecule has 0 amide bonds. The van der Waals surface area contributed by atoms with E-state index in [0.29, 0.717) is 5.56 Å². The number of ketones is 1. The Morgan fingerprint density at radius 1 is 1.00 bits per heavy atom. The highest BCUT2D eigenvalue weighted by Gasteiger charge is 2.56. The highest BCUT2D eigenvalue weighted by atomic mass is 16.5. The lowest BCUT2D eigenvalue weighted by atomic mass is 9.61. The smallest absolute Gasteiger partial charge is 0.337 e. The summed E-state index contributed by atoms with van der Waals surface area (Å²) < 4.78 is 14.2. The lowest BCUT2D eigenvalue weighted by Gasteiger charge is -2.43. The van der Waals surface area contributed by atoms with Gasteiger partial charge in [0.2, 0.25) is 0 Å². The van der Waals surface area contributed by atoms with Crippen LogP contribution in [0.25, 0.3) is 0 Å². The molecular weight excluding hydrogens is 356 g/mol. The Morgan fingerprint density at radius 2 is 1.56 bits per heavy atom. The van der Waals surface area contributed by atoms with Crippen LogP contribution in [0.2, 0.25) is 0 Å². The minimum Gasteiger partial charge on any atom is -0.469 e. The number of hydrogen-bond acceptors (Lipinski definition) is 8. The molecule has 1 fully saturated rings. The molecule has 1 saturated carbocycles. The average Bonchev–Trinajstić information content (AvgIpc) is 2.65. The Hall–Kier alpha value is -2.74. The van der Waals surface area contributed by atoms with E-state index < -0.39 is 47.0 Å². The number of ether oxygens (including phenoxy) is 3. The number of carbonyl (C=O) groups excluding carboxylic acids is 4. The molecule has 146 valence electrons. The molecular formula is C19H22O8. The molecule has 1 aliphatic carbocycles.